The van der Waals surface area contributed by atoms with E-state index in [1.165, 1.54) is 4.31 Å². The first kappa shape index (κ1) is 22.8. The molecule has 1 aromatic carbocycles. The minimum absolute atomic E-state index is 0.149. The highest BCUT2D eigenvalue weighted by atomic mass is 32.2. The maximum atomic E-state index is 12.6. The first-order chi connectivity index (χ1) is 13.7. The number of piperidine rings is 1. The molecule has 29 heavy (non-hydrogen) atoms. The van der Waals surface area contributed by atoms with E-state index in [9.17, 15) is 13.2 Å². The topological polar surface area (TPSA) is 153 Å². The van der Waals surface area contributed by atoms with E-state index in [0.29, 0.717) is 24.8 Å². The summed E-state index contributed by atoms with van der Waals surface area (Å²) in [5, 5.41) is 20.7. The molecule has 2 fully saturated rings. The van der Waals surface area contributed by atoms with Gasteiger partial charge in [0.15, 0.2) is 0 Å². The molecule has 1 aromatic rings. The number of carboxylic acids is 2. The van der Waals surface area contributed by atoms with Gasteiger partial charge in [0.25, 0.3) is 0 Å². The average molecular weight is 427 g/mol. The van der Waals surface area contributed by atoms with E-state index in [1.54, 1.807) is 24.3 Å². The lowest BCUT2D eigenvalue weighted by molar-refractivity contribution is -0.159. The van der Waals surface area contributed by atoms with Crippen molar-refractivity contribution < 1.29 is 33.0 Å². The lowest BCUT2D eigenvalue weighted by Crippen LogP contribution is -2.35. The number of amides is 1. The summed E-state index contributed by atoms with van der Waals surface area (Å²) in [7, 11) is -3.47. The summed E-state index contributed by atoms with van der Waals surface area (Å²) < 4.78 is 26.8. The van der Waals surface area contributed by atoms with Gasteiger partial charge in [-0.15, -0.1) is 0 Å². The van der Waals surface area contributed by atoms with Crippen LogP contribution in [0.4, 0.5) is 5.69 Å². The van der Waals surface area contributed by atoms with Gasteiger partial charge < -0.3 is 20.8 Å². The van der Waals surface area contributed by atoms with Crippen LogP contribution in [0.2, 0.25) is 0 Å². The van der Waals surface area contributed by atoms with Crippen molar-refractivity contribution in [2.24, 2.45) is 0 Å². The van der Waals surface area contributed by atoms with Crippen molar-refractivity contribution in [1.82, 2.24) is 9.62 Å². The molecule has 1 aliphatic heterocycles. The monoisotopic (exact) mass is 427 g/mol. The molecule has 160 valence electrons. The number of carbonyl (C=O) groups excluding carboxylic acids is 1. The highest BCUT2D eigenvalue weighted by Gasteiger charge is 2.26. The molecule has 0 aromatic heterocycles. The fourth-order valence-electron chi connectivity index (χ4n) is 2.72. The van der Waals surface area contributed by atoms with Gasteiger partial charge >= 0.3 is 11.9 Å². The SMILES string of the molecule is O=C(CNC1CC1)Nc1cccc(S(=O)(=O)N2CCCCC2)c1.O=C(O)C(=O)O. The Kier molecular flexibility index (Phi) is 8.11. The van der Waals surface area contributed by atoms with Crippen molar-refractivity contribution in [2.75, 3.05) is 25.0 Å². The van der Waals surface area contributed by atoms with Crippen molar-refractivity contribution >= 4 is 33.6 Å². The van der Waals surface area contributed by atoms with E-state index < -0.39 is 22.0 Å². The molecule has 0 spiro atoms. The summed E-state index contributed by atoms with van der Waals surface area (Å²) in [5.41, 5.74) is 0.519. The highest BCUT2D eigenvalue weighted by molar-refractivity contribution is 7.89. The summed E-state index contributed by atoms with van der Waals surface area (Å²) >= 11 is 0. The second-order valence-corrected chi connectivity index (χ2v) is 8.74. The molecule has 0 atom stereocenters. The zero-order valence-electron chi connectivity index (χ0n) is 15.8. The Balaban J connectivity index is 0.000000438. The molecular weight excluding hydrogens is 402 g/mol. The van der Waals surface area contributed by atoms with Crippen molar-refractivity contribution in [3.63, 3.8) is 0 Å². The zero-order valence-corrected chi connectivity index (χ0v) is 16.7. The molecule has 1 heterocycles. The highest BCUT2D eigenvalue weighted by Crippen LogP contribution is 2.23. The Labute approximate surface area is 168 Å². The number of nitrogens with zero attached hydrogens (tertiary/aromatic N) is 1. The molecule has 2 aliphatic rings. The first-order valence-corrected chi connectivity index (χ1v) is 10.7. The smallest absolute Gasteiger partial charge is 0.414 e. The van der Waals surface area contributed by atoms with Crippen molar-refractivity contribution in [3.05, 3.63) is 24.3 Å². The summed E-state index contributed by atoms with van der Waals surface area (Å²) in [4.78, 5) is 30.3. The number of carbonyl (C=O) groups is 3. The van der Waals surface area contributed by atoms with Gasteiger partial charge in [0.1, 0.15) is 0 Å². The molecular formula is C18H25N3O7S. The minimum atomic E-state index is -3.47. The van der Waals surface area contributed by atoms with Crippen LogP contribution in [0.1, 0.15) is 32.1 Å². The van der Waals surface area contributed by atoms with Crippen LogP contribution in [-0.2, 0) is 24.4 Å². The summed E-state index contributed by atoms with van der Waals surface area (Å²) in [6.07, 6.45) is 5.13. The van der Waals surface area contributed by atoms with Crippen LogP contribution in [-0.4, -0.2) is 66.5 Å². The van der Waals surface area contributed by atoms with Gasteiger partial charge in [-0.25, -0.2) is 18.0 Å². The quantitative estimate of drug-likeness (QED) is 0.484. The lowest BCUT2D eigenvalue weighted by Gasteiger charge is -2.26. The average Bonchev–Trinajstić information content (AvgIpc) is 3.52. The number of hydrogen-bond donors (Lipinski definition) is 4. The van der Waals surface area contributed by atoms with E-state index >= 15 is 0 Å². The van der Waals surface area contributed by atoms with Crippen LogP contribution in [0.5, 0.6) is 0 Å². The van der Waals surface area contributed by atoms with E-state index in [0.717, 1.165) is 32.1 Å². The third-order valence-corrected chi connectivity index (χ3v) is 6.28. The second-order valence-electron chi connectivity index (χ2n) is 6.81. The molecule has 0 bridgehead atoms. The van der Waals surface area contributed by atoms with Gasteiger partial charge in [-0.1, -0.05) is 12.5 Å². The standard InChI is InChI=1S/C16H23N3O3S.C2H2O4/c20-16(12-17-13-7-8-13)18-14-5-4-6-15(11-14)23(21,22)19-9-2-1-3-10-19;3-1(4)2(5)6/h4-6,11,13,17H,1-3,7-10,12H2,(H,18,20);(H,3,4)(H,5,6). The number of anilines is 1. The Bertz CT molecular complexity index is 835. The third kappa shape index (κ3) is 7.44. The number of nitrogens with one attached hydrogen (secondary N) is 2. The van der Waals surface area contributed by atoms with Gasteiger partial charge in [-0.2, -0.15) is 4.31 Å². The molecule has 0 radical (unpaired) electrons. The van der Waals surface area contributed by atoms with Crippen LogP contribution < -0.4 is 10.6 Å². The Morgan fingerprint density at radius 3 is 2.21 bits per heavy atom. The van der Waals surface area contributed by atoms with Gasteiger partial charge in [0.2, 0.25) is 15.9 Å². The van der Waals surface area contributed by atoms with Gasteiger partial charge in [-0.3, -0.25) is 4.79 Å². The van der Waals surface area contributed by atoms with Gasteiger partial charge in [-0.05, 0) is 43.9 Å². The van der Waals surface area contributed by atoms with Gasteiger partial charge in [0.05, 0.1) is 11.4 Å². The molecule has 1 aliphatic carbocycles. The zero-order chi connectivity index (χ0) is 21.4. The van der Waals surface area contributed by atoms with Crippen LogP contribution in [0.3, 0.4) is 0 Å². The number of benzene rings is 1. The van der Waals surface area contributed by atoms with Crippen molar-refractivity contribution in [3.8, 4) is 0 Å². The van der Waals surface area contributed by atoms with Crippen molar-refractivity contribution in [1.29, 1.82) is 0 Å². The Morgan fingerprint density at radius 1 is 1.03 bits per heavy atom. The molecule has 1 saturated carbocycles. The Morgan fingerprint density at radius 2 is 1.66 bits per heavy atom. The summed E-state index contributed by atoms with van der Waals surface area (Å²) in [6, 6.07) is 6.97. The van der Waals surface area contributed by atoms with Crippen molar-refractivity contribution in [2.45, 2.75) is 43.0 Å². The summed E-state index contributed by atoms with van der Waals surface area (Å²) in [6.45, 7) is 1.40. The minimum Gasteiger partial charge on any atom is -0.473 e. The van der Waals surface area contributed by atoms with Crippen LogP contribution in [0.15, 0.2) is 29.2 Å². The molecule has 3 rings (SSSR count). The predicted octanol–water partition coefficient (Wildman–Crippen LogP) is 0.707. The molecule has 0 unspecified atom stereocenters. The second kappa shape index (κ2) is 10.3. The van der Waals surface area contributed by atoms with E-state index in [2.05, 4.69) is 10.6 Å². The maximum Gasteiger partial charge on any atom is 0.414 e. The molecule has 10 nitrogen and oxygen atoms in total. The predicted molar refractivity (Wildman–Crippen MR) is 104 cm³/mol. The molecule has 1 amide bonds. The lowest BCUT2D eigenvalue weighted by atomic mass is 10.2. The van der Waals surface area contributed by atoms with E-state index in [4.69, 9.17) is 19.8 Å². The van der Waals surface area contributed by atoms with Gasteiger partial charge in [0, 0.05) is 24.8 Å². The summed E-state index contributed by atoms with van der Waals surface area (Å²) in [5.74, 6) is -3.80. The fourth-order valence-corrected chi connectivity index (χ4v) is 4.28. The molecule has 1 saturated heterocycles. The fraction of sp³-hybridized carbons (Fsp3) is 0.500. The largest absolute Gasteiger partial charge is 0.473 e. The Hall–Kier alpha value is -2.50. The molecule has 11 heteroatoms. The van der Waals surface area contributed by atoms with Crippen LogP contribution >= 0.6 is 0 Å². The number of carboxylic acid groups (broad SMARTS) is 2. The van der Waals surface area contributed by atoms with E-state index in [-0.39, 0.29) is 17.3 Å². The number of rotatable bonds is 6. The maximum absolute atomic E-state index is 12.6. The normalized spacial score (nSPS) is 17.0. The number of sulfonamides is 1. The third-order valence-electron chi connectivity index (χ3n) is 4.38. The number of aliphatic carboxylic acids is 2. The first-order valence-electron chi connectivity index (χ1n) is 9.30. The van der Waals surface area contributed by atoms with Crippen LogP contribution in [0, 0.1) is 0 Å². The number of hydrogen-bond acceptors (Lipinski definition) is 6. The molecule has 4 N–H and O–H groups in total. The van der Waals surface area contributed by atoms with E-state index in [1.807, 2.05) is 0 Å². The van der Waals surface area contributed by atoms with Crippen LogP contribution in [0.25, 0.3) is 0 Å².